The predicted molar refractivity (Wildman–Crippen MR) is 87.6 cm³/mol. The van der Waals surface area contributed by atoms with Gasteiger partial charge in [-0.15, -0.1) is 0 Å². The third kappa shape index (κ3) is 3.23. The maximum absolute atomic E-state index is 12.3. The number of carbonyl (C=O) groups is 1. The Morgan fingerprint density at radius 2 is 1.96 bits per heavy atom. The Morgan fingerprint density at radius 1 is 1.17 bits per heavy atom. The standard InChI is InChI=1S/C18H16N2O3/c1-12-8-9-16(22-2)14(10-12)19-17(21)15-11-23-18(20-15)13-6-4-3-5-7-13/h3-11H,1-2H3,(H,19,21). The Hall–Kier alpha value is -3.08. The fourth-order valence-electron chi connectivity index (χ4n) is 2.20. The van der Waals surface area contributed by atoms with E-state index in [0.29, 0.717) is 17.3 Å². The lowest BCUT2D eigenvalue weighted by molar-refractivity contribution is 0.102. The molecule has 0 aliphatic rings. The van der Waals surface area contributed by atoms with Crippen LogP contribution in [0.25, 0.3) is 11.5 Å². The number of benzene rings is 2. The fourth-order valence-corrected chi connectivity index (χ4v) is 2.20. The molecule has 0 radical (unpaired) electrons. The molecule has 23 heavy (non-hydrogen) atoms. The Bertz CT molecular complexity index is 825. The molecular formula is C18H16N2O3. The highest BCUT2D eigenvalue weighted by molar-refractivity contribution is 6.03. The summed E-state index contributed by atoms with van der Waals surface area (Å²) in [6.07, 6.45) is 1.35. The second kappa shape index (κ2) is 6.36. The molecule has 2 aromatic carbocycles. The second-order valence-corrected chi connectivity index (χ2v) is 5.06. The van der Waals surface area contributed by atoms with E-state index < -0.39 is 0 Å². The first kappa shape index (κ1) is 14.8. The van der Waals surface area contributed by atoms with Gasteiger partial charge in [0.05, 0.1) is 12.8 Å². The topological polar surface area (TPSA) is 64.4 Å². The number of nitrogens with zero attached hydrogens (tertiary/aromatic N) is 1. The summed E-state index contributed by atoms with van der Waals surface area (Å²) in [5, 5.41) is 2.80. The fraction of sp³-hybridized carbons (Fsp3) is 0.111. The highest BCUT2D eigenvalue weighted by Gasteiger charge is 2.15. The van der Waals surface area contributed by atoms with Crippen LogP contribution in [0.4, 0.5) is 5.69 Å². The van der Waals surface area contributed by atoms with Crippen LogP contribution < -0.4 is 10.1 Å². The van der Waals surface area contributed by atoms with E-state index >= 15 is 0 Å². The van der Waals surface area contributed by atoms with Crippen LogP contribution in [0.3, 0.4) is 0 Å². The molecule has 116 valence electrons. The summed E-state index contributed by atoms with van der Waals surface area (Å²) in [5.74, 6) is 0.655. The molecule has 0 saturated carbocycles. The van der Waals surface area contributed by atoms with Gasteiger partial charge < -0.3 is 14.5 Å². The van der Waals surface area contributed by atoms with Crippen LogP contribution in [-0.4, -0.2) is 18.0 Å². The summed E-state index contributed by atoms with van der Waals surface area (Å²) in [5.41, 5.74) is 2.65. The number of hydrogen-bond acceptors (Lipinski definition) is 4. The van der Waals surface area contributed by atoms with Crippen molar-refractivity contribution in [2.24, 2.45) is 0 Å². The smallest absolute Gasteiger partial charge is 0.277 e. The second-order valence-electron chi connectivity index (χ2n) is 5.06. The van der Waals surface area contributed by atoms with E-state index in [4.69, 9.17) is 9.15 Å². The molecule has 0 atom stereocenters. The van der Waals surface area contributed by atoms with Crippen molar-refractivity contribution in [3.8, 4) is 17.2 Å². The molecule has 0 fully saturated rings. The van der Waals surface area contributed by atoms with Crippen molar-refractivity contribution in [3.63, 3.8) is 0 Å². The van der Waals surface area contributed by atoms with Crippen molar-refractivity contribution in [1.82, 2.24) is 4.98 Å². The molecule has 3 rings (SSSR count). The van der Waals surface area contributed by atoms with Gasteiger partial charge in [-0.2, -0.15) is 0 Å². The zero-order chi connectivity index (χ0) is 16.2. The molecule has 0 saturated heterocycles. The summed E-state index contributed by atoms with van der Waals surface area (Å²) in [7, 11) is 1.56. The number of ether oxygens (including phenoxy) is 1. The molecule has 0 spiro atoms. The van der Waals surface area contributed by atoms with E-state index in [2.05, 4.69) is 10.3 Å². The Balaban J connectivity index is 1.82. The molecule has 1 heterocycles. The van der Waals surface area contributed by atoms with E-state index in [1.165, 1.54) is 6.26 Å². The van der Waals surface area contributed by atoms with Gasteiger partial charge >= 0.3 is 0 Å². The van der Waals surface area contributed by atoms with Gasteiger partial charge in [-0.1, -0.05) is 24.3 Å². The average Bonchev–Trinajstić information content (AvgIpc) is 3.06. The maximum Gasteiger partial charge on any atom is 0.277 e. The van der Waals surface area contributed by atoms with Gasteiger partial charge in [-0.25, -0.2) is 4.98 Å². The quantitative estimate of drug-likeness (QED) is 0.793. The van der Waals surface area contributed by atoms with Crippen molar-refractivity contribution >= 4 is 11.6 Å². The highest BCUT2D eigenvalue weighted by Crippen LogP contribution is 2.26. The van der Waals surface area contributed by atoms with Crippen molar-refractivity contribution < 1.29 is 13.9 Å². The van der Waals surface area contributed by atoms with E-state index in [0.717, 1.165) is 11.1 Å². The van der Waals surface area contributed by atoms with Gasteiger partial charge in [0.1, 0.15) is 12.0 Å². The van der Waals surface area contributed by atoms with Crippen LogP contribution in [0.2, 0.25) is 0 Å². The minimum atomic E-state index is -0.347. The molecule has 5 nitrogen and oxygen atoms in total. The summed E-state index contributed by atoms with van der Waals surface area (Å²) in [4.78, 5) is 16.6. The Morgan fingerprint density at radius 3 is 2.70 bits per heavy atom. The molecule has 0 unspecified atom stereocenters. The average molecular weight is 308 g/mol. The number of anilines is 1. The maximum atomic E-state index is 12.3. The zero-order valence-corrected chi connectivity index (χ0v) is 12.9. The SMILES string of the molecule is COc1ccc(C)cc1NC(=O)c1coc(-c2ccccc2)n1. The number of aromatic nitrogens is 1. The lowest BCUT2D eigenvalue weighted by Gasteiger charge is -2.09. The van der Waals surface area contributed by atoms with E-state index in [1.807, 2.05) is 55.5 Å². The number of methoxy groups -OCH3 is 1. The first-order valence-electron chi connectivity index (χ1n) is 7.14. The van der Waals surface area contributed by atoms with Gasteiger partial charge in [0.15, 0.2) is 5.69 Å². The van der Waals surface area contributed by atoms with Crippen LogP contribution >= 0.6 is 0 Å². The molecule has 5 heteroatoms. The highest BCUT2D eigenvalue weighted by atomic mass is 16.5. The summed E-state index contributed by atoms with van der Waals surface area (Å²) >= 11 is 0. The Kier molecular flexibility index (Phi) is 4.10. The zero-order valence-electron chi connectivity index (χ0n) is 12.9. The van der Waals surface area contributed by atoms with Gasteiger partial charge in [-0.05, 0) is 36.8 Å². The largest absolute Gasteiger partial charge is 0.495 e. The van der Waals surface area contributed by atoms with Crippen molar-refractivity contribution in [2.75, 3.05) is 12.4 Å². The Labute approximate surface area is 133 Å². The summed E-state index contributed by atoms with van der Waals surface area (Å²) < 4.78 is 10.6. The van der Waals surface area contributed by atoms with E-state index in [9.17, 15) is 4.79 Å². The summed E-state index contributed by atoms with van der Waals surface area (Å²) in [6, 6.07) is 15.0. The number of nitrogens with one attached hydrogen (secondary N) is 1. The molecule has 1 N–H and O–H groups in total. The molecule has 0 aliphatic heterocycles. The van der Waals surface area contributed by atoms with E-state index in [1.54, 1.807) is 7.11 Å². The third-order valence-corrected chi connectivity index (χ3v) is 3.36. The number of rotatable bonds is 4. The predicted octanol–water partition coefficient (Wildman–Crippen LogP) is 3.91. The van der Waals surface area contributed by atoms with Crippen LogP contribution in [0, 0.1) is 6.92 Å². The molecule has 0 aliphatic carbocycles. The number of aryl methyl sites for hydroxylation is 1. The van der Waals surface area contributed by atoms with Gasteiger partial charge in [0.25, 0.3) is 5.91 Å². The normalized spacial score (nSPS) is 10.3. The van der Waals surface area contributed by atoms with Gasteiger partial charge in [0.2, 0.25) is 5.89 Å². The number of amides is 1. The van der Waals surface area contributed by atoms with Crippen molar-refractivity contribution in [3.05, 3.63) is 66.1 Å². The first-order chi connectivity index (χ1) is 11.2. The van der Waals surface area contributed by atoms with Crippen LogP contribution in [0.1, 0.15) is 16.1 Å². The first-order valence-corrected chi connectivity index (χ1v) is 7.14. The van der Waals surface area contributed by atoms with Gasteiger partial charge in [-0.3, -0.25) is 4.79 Å². The van der Waals surface area contributed by atoms with Gasteiger partial charge in [0, 0.05) is 5.56 Å². The number of oxazole rings is 1. The number of carbonyl (C=O) groups excluding carboxylic acids is 1. The van der Waals surface area contributed by atoms with Crippen LogP contribution in [-0.2, 0) is 0 Å². The van der Waals surface area contributed by atoms with Crippen molar-refractivity contribution in [2.45, 2.75) is 6.92 Å². The van der Waals surface area contributed by atoms with E-state index in [-0.39, 0.29) is 11.6 Å². The monoisotopic (exact) mass is 308 g/mol. The van der Waals surface area contributed by atoms with Crippen LogP contribution in [0.15, 0.2) is 59.2 Å². The van der Waals surface area contributed by atoms with Crippen LogP contribution in [0.5, 0.6) is 5.75 Å². The molecular weight excluding hydrogens is 292 g/mol. The summed E-state index contributed by atoms with van der Waals surface area (Å²) in [6.45, 7) is 1.94. The molecule has 3 aromatic rings. The lowest BCUT2D eigenvalue weighted by Crippen LogP contribution is -2.13. The molecule has 1 amide bonds. The molecule has 1 aromatic heterocycles. The minimum Gasteiger partial charge on any atom is -0.495 e. The lowest BCUT2D eigenvalue weighted by atomic mass is 10.2. The minimum absolute atomic E-state index is 0.215. The third-order valence-electron chi connectivity index (χ3n) is 3.36. The molecule has 0 bridgehead atoms. The van der Waals surface area contributed by atoms with Crippen molar-refractivity contribution in [1.29, 1.82) is 0 Å². The number of hydrogen-bond donors (Lipinski definition) is 1.